The van der Waals surface area contributed by atoms with Gasteiger partial charge < -0.3 is 0 Å². The van der Waals surface area contributed by atoms with E-state index in [1.165, 1.54) is 21.5 Å². The Balaban J connectivity index is 1.46. The van der Waals surface area contributed by atoms with Crippen molar-refractivity contribution in [1.82, 2.24) is 4.98 Å². The average molecular weight is 566 g/mol. The number of halogens is 2. The van der Waals surface area contributed by atoms with Gasteiger partial charge in [0.05, 0.1) is 18.5 Å². The maximum atomic E-state index is 15.7. The maximum Gasteiger partial charge on any atom is 0.277 e. The fraction of sp³-hybridized carbons (Fsp3) is 0.229. The van der Waals surface area contributed by atoms with Crippen molar-refractivity contribution in [2.24, 2.45) is 0 Å². The highest BCUT2D eigenvalue weighted by Gasteiger charge is 2.33. The number of benzene rings is 4. The van der Waals surface area contributed by atoms with Crippen molar-refractivity contribution in [3.8, 4) is 11.3 Å². The van der Waals surface area contributed by atoms with Gasteiger partial charge in [0.2, 0.25) is 0 Å². The molecule has 2 heterocycles. The average Bonchev–Trinajstić information content (AvgIpc) is 3.32. The lowest BCUT2D eigenvalue weighted by Gasteiger charge is -2.20. The molecule has 202 valence electrons. The van der Waals surface area contributed by atoms with E-state index in [1.807, 2.05) is 42.6 Å². The highest BCUT2D eigenvalue weighted by Crippen LogP contribution is 2.43. The van der Waals surface area contributed by atoms with Crippen LogP contribution in [0, 0.1) is 0 Å². The molecule has 2 aromatic heterocycles. The molecule has 0 unspecified atom stereocenters. The molecule has 0 spiro atoms. The molecule has 4 aromatic carbocycles. The van der Waals surface area contributed by atoms with Crippen LogP contribution in [0.5, 0.6) is 0 Å². The van der Waals surface area contributed by atoms with Gasteiger partial charge in [0, 0.05) is 39.2 Å². The number of hydrogen-bond acceptors (Lipinski definition) is 2. The molecule has 0 N–H and O–H groups in total. The minimum Gasteiger partial charge on any atom is -0.255 e. The number of hydrogen-bond donors (Lipinski definition) is 0. The van der Waals surface area contributed by atoms with Gasteiger partial charge in [-0.2, -0.15) is 0 Å². The summed E-state index contributed by atoms with van der Waals surface area (Å²) in [4.78, 5) is 4.83. The van der Waals surface area contributed by atoms with Crippen molar-refractivity contribution in [2.75, 3.05) is 0 Å². The second-order valence-electron chi connectivity index (χ2n) is 12.1. The fourth-order valence-electron chi connectivity index (χ4n) is 5.64. The van der Waals surface area contributed by atoms with Crippen LogP contribution in [0.4, 0.5) is 8.78 Å². The molecular formula is C35H33F2NSSi. The SMILES string of the molecule is CC(C)c1cc(-c2nccc3c2sc2c(CC(F)(F)c4ccc([Si](C)(C)C)cc4)cccc23)cc2ccccc12. The van der Waals surface area contributed by atoms with E-state index in [0.717, 1.165) is 31.4 Å². The molecule has 0 bridgehead atoms. The van der Waals surface area contributed by atoms with Gasteiger partial charge in [0.15, 0.2) is 0 Å². The summed E-state index contributed by atoms with van der Waals surface area (Å²) in [5.74, 6) is -2.60. The Hall–Kier alpha value is -3.41. The fourth-order valence-corrected chi connectivity index (χ4v) is 8.12. The van der Waals surface area contributed by atoms with E-state index in [2.05, 4.69) is 69.9 Å². The van der Waals surface area contributed by atoms with E-state index in [0.29, 0.717) is 11.5 Å². The Morgan fingerprint density at radius 3 is 2.23 bits per heavy atom. The molecule has 0 saturated carbocycles. The quantitative estimate of drug-likeness (QED) is 0.183. The van der Waals surface area contributed by atoms with E-state index in [4.69, 9.17) is 4.98 Å². The summed E-state index contributed by atoms with van der Waals surface area (Å²) in [6, 6.07) is 27.7. The molecule has 40 heavy (non-hydrogen) atoms. The molecule has 6 aromatic rings. The molecule has 5 heteroatoms. The first-order valence-electron chi connectivity index (χ1n) is 13.8. The first-order chi connectivity index (χ1) is 19.0. The van der Waals surface area contributed by atoms with Crippen LogP contribution >= 0.6 is 11.3 Å². The number of alkyl halides is 2. The second-order valence-corrected chi connectivity index (χ2v) is 18.2. The zero-order chi connectivity index (χ0) is 28.2. The number of pyridine rings is 1. The van der Waals surface area contributed by atoms with Crippen molar-refractivity contribution in [1.29, 1.82) is 0 Å². The summed E-state index contributed by atoms with van der Waals surface area (Å²) in [6.45, 7) is 11.1. The number of aromatic nitrogens is 1. The van der Waals surface area contributed by atoms with Crippen molar-refractivity contribution >= 4 is 55.5 Å². The highest BCUT2D eigenvalue weighted by atomic mass is 32.1. The smallest absolute Gasteiger partial charge is 0.255 e. The summed E-state index contributed by atoms with van der Waals surface area (Å²) in [6.07, 6.45) is 1.51. The largest absolute Gasteiger partial charge is 0.277 e. The minimum absolute atomic E-state index is 0.0762. The van der Waals surface area contributed by atoms with Gasteiger partial charge in [-0.05, 0) is 46.0 Å². The van der Waals surface area contributed by atoms with Crippen molar-refractivity contribution in [3.63, 3.8) is 0 Å². The Bertz CT molecular complexity index is 1860. The summed E-state index contributed by atoms with van der Waals surface area (Å²) in [7, 11) is -1.55. The van der Waals surface area contributed by atoms with Gasteiger partial charge in [-0.1, -0.05) is 105 Å². The standard InChI is InChI=1S/C35H33F2NSSi/c1-22(2)31-20-25(19-23-9-6-7-11-28(23)31)32-34-30(17-18-38-32)29-12-8-10-24(33(29)39-34)21-35(36,37)26-13-15-27(16-14-26)40(3,4)5/h6-20,22H,21H2,1-5H3. The molecule has 0 fully saturated rings. The molecule has 6 rings (SSSR count). The van der Waals surface area contributed by atoms with Crippen LogP contribution in [0.25, 0.3) is 42.2 Å². The monoisotopic (exact) mass is 565 g/mol. The molecule has 0 radical (unpaired) electrons. The van der Waals surface area contributed by atoms with Crippen LogP contribution in [0.3, 0.4) is 0 Å². The molecule has 0 atom stereocenters. The van der Waals surface area contributed by atoms with E-state index in [-0.39, 0.29) is 12.0 Å². The number of thiophene rings is 1. The Morgan fingerprint density at radius 2 is 1.50 bits per heavy atom. The topological polar surface area (TPSA) is 12.9 Å². The molecular weight excluding hydrogens is 533 g/mol. The number of rotatable bonds is 6. The van der Waals surface area contributed by atoms with Crippen molar-refractivity contribution in [2.45, 2.75) is 51.7 Å². The minimum atomic E-state index is -2.96. The third-order valence-corrected chi connectivity index (χ3v) is 11.2. The maximum absolute atomic E-state index is 15.7. The van der Waals surface area contributed by atoms with E-state index >= 15 is 8.78 Å². The summed E-state index contributed by atoms with van der Waals surface area (Å²) in [5.41, 5.74) is 4.01. The van der Waals surface area contributed by atoms with Gasteiger partial charge in [0.1, 0.15) is 0 Å². The van der Waals surface area contributed by atoms with E-state index in [9.17, 15) is 0 Å². The van der Waals surface area contributed by atoms with Gasteiger partial charge in [-0.3, -0.25) is 4.98 Å². The molecule has 0 aliphatic heterocycles. The lowest BCUT2D eigenvalue weighted by Crippen LogP contribution is -2.37. The number of nitrogens with zero attached hydrogens (tertiary/aromatic N) is 1. The van der Waals surface area contributed by atoms with Crippen LogP contribution in [-0.2, 0) is 12.3 Å². The highest BCUT2D eigenvalue weighted by molar-refractivity contribution is 7.26. The predicted molar refractivity (Wildman–Crippen MR) is 171 cm³/mol. The first kappa shape index (κ1) is 26.8. The van der Waals surface area contributed by atoms with Crippen molar-refractivity contribution < 1.29 is 8.78 Å². The van der Waals surface area contributed by atoms with Gasteiger partial charge in [-0.15, -0.1) is 11.3 Å². The lowest BCUT2D eigenvalue weighted by molar-refractivity contribution is -0.00344. The van der Waals surface area contributed by atoms with Crippen LogP contribution in [0.2, 0.25) is 19.6 Å². The summed E-state index contributed by atoms with van der Waals surface area (Å²) >= 11 is 1.58. The summed E-state index contributed by atoms with van der Waals surface area (Å²) in [5, 5.41) is 5.70. The van der Waals surface area contributed by atoms with Crippen LogP contribution in [0.15, 0.2) is 91.1 Å². The zero-order valence-corrected chi connectivity index (χ0v) is 25.4. The summed E-state index contributed by atoms with van der Waals surface area (Å²) < 4.78 is 33.3. The lowest BCUT2D eigenvalue weighted by atomic mass is 9.92. The second kappa shape index (κ2) is 9.90. The molecule has 0 saturated heterocycles. The van der Waals surface area contributed by atoms with Gasteiger partial charge in [0.25, 0.3) is 5.92 Å². The van der Waals surface area contributed by atoms with Gasteiger partial charge >= 0.3 is 0 Å². The van der Waals surface area contributed by atoms with Gasteiger partial charge in [-0.25, -0.2) is 8.78 Å². The van der Waals surface area contributed by atoms with E-state index in [1.54, 1.807) is 23.5 Å². The molecule has 1 nitrogen and oxygen atoms in total. The van der Waals surface area contributed by atoms with Crippen LogP contribution in [0.1, 0.15) is 36.5 Å². The third kappa shape index (κ3) is 4.75. The van der Waals surface area contributed by atoms with Crippen molar-refractivity contribution in [3.05, 3.63) is 108 Å². The molecule has 0 amide bonds. The Morgan fingerprint density at radius 1 is 0.800 bits per heavy atom. The first-order valence-corrected chi connectivity index (χ1v) is 18.2. The predicted octanol–water partition coefficient (Wildman–Crippen LogP) is 10.3. The van der Waals surface area contributed by atoms with E-state index < -0.39 is 14.0 Å². The zero-order valence-electron chi connectivity index (χ0n) is 23.6. The van der Waals surface area contributed by atoms with Crippen LogP contribution in [-0.4, -0.2) is 13.1 Å². The Kier molecular flexibility index (Phi) is 6.63. The number of fused-ring (bicyclic) bond motifs is 4. The molecule has 0 aliphatic rings. The molecule has 0 aliphatic carbocycles. The van der Waals surface area contributed by atoms with Crippen LogP contribution < -0.4 is 5.19 Å². The normalized spacial score (nSPS) is 12.7. The third-order valence-electron chi connectivity index (χ3n) is 7.87. The Labute approximate surface area is 239 Å².